The van der Waals surface area contributed by atoms with Gasteiger partial charge in [0.2, 0.25) is 0 Å². The molecule has 0 bridgehead atoms. The number of fused-ring (bicyclic) bond motifs is 4. The average Bonchev–Trinajstić information content (AvgIpc) is 2.97. The maximum atomic E-state index is 14.0. The molecule has 0 spiro atoms. The average molecular weight is 501 g/mol. The molecule has 0 saturated heterocycles. The molecule has 36 heavy (non-hydrogen) atoms. The number of allylic oxidation sites excluding steroid dienone is 1. The summed E-state index contributed by atoms with van der Waals surface area (Å²) in [5, 5.41) is 31.4. The zero-order valence-electron chi connectivity index (χ0n) is 23.0. The van der Waals surface area contributed by atoms with Crippen LogP contribution in [0.4, 0.5) is 0 Å². The molecule has 2 fully saturated rings. The first kappa shape index (κ1) is 27.3. The minimum absolute atomic E-state index is 0.00701. The van der Waals surface area contributed by atoms with Crippen molar-refractivity contribution in [2.24, 2.45) is 39.4 Å². The van der Waals surface area contributed by atoms with Gasteiger partial charge in [0.25, 0.3) is 0 Å². The maximum absolute atomic E-state index is 14.0. The van der Waals surface area contributed by atoms with Crippen LogP contribution in [0.1, 0.15) is 93.4 Å². The van der Waals surface area contributed by atoms with Gasteiger partial charge in [0, 0.05) is 40.2 Å². The Morgan fingerprint density at radius 1 is 1.14 bits per heavy atom. The lowest BCUT2D eigenvalue weighted by molar-refractivity contribution is -0.143. The molecule has 4 rings (SSSR count). The number of rotatable bonds is 5. The first-order valence-corrected chi connectivity index (χ1v) is 13.6. The first-order valence-electron chi connectivity index (χ1n) is 13.6. The number of carbonyl (C=O) groups excluding carboxylic acids is 2. The van der Waals surface area contributed by atoms with Crippen LogP contribution in [0.5, 0.6) is 0 Å². The Morgan fingerprint density at radius 3 is 2.39 bits per heavy atom. The van der Waals surface area contributed by atoms with E-state index in [1.165, 1.54) is 13.0 Å². The zero-order chi connectivity index (χ0) is 27.0. The molecule has 0 heterocycles. The minimum atomic E-state index is -1.05. The number of carboxylic acids is 1. The second-order valence-corrected chi connectivity index (χ2v) is 13.5. The van der Waals surface area contributed by atoms with Crippen molar-refractivity contribution >= 4 is 17.5 Å². The highest BCUT2D eigenvalue weighted by Gasteiger charge is 2.68. The predicted octanol–water partition coefficient (Wildman–Crippen LogP) is 4.87. The van der Waals surface area contributed by atoms with Gasteiger partial charge in [-0.25, -0.2) is 4.79 Å². The number of aliphatic hydroxyl groups excluding tert-OH is 2. The van der Waals surface area contributed by atoms with Gasteiger partial charge in [-0.15, -0.1) is 0 Å². The third-order valence-corrected chi connectivity index (χ3v) is 11.4. The fourth-order valence-electron chi connectivity index (χ4n) is 9.22. The smallest absolute Gasteiger partial charge is 0.331 e. The molecule has 0 aliphatic heterocycles. The summed E-state index contributed by atoms with van der Waals surface area (Å²) in [5.41, 5.74) is 0.282. The number of aliphatic carboxylic acids is 1. The van der Waals surface area contributed by atoms with Crippen LogP contribution >= 0.6 is 0 Å². The lowest BCUT2D eigenvalue weighted by atomic mass is 9.43. The molecule has 200 valence electrons. The van der Waals surface area contributed by atoms with E-state index in [-0.39, 0.29) is 40.3 Å². The molecule has 2 saturated carbocycles. The summed E-state index contributed by atoms with van der Waals surface area (Å²) in [4.78, 5) is 38.0. The minimum Gasteiger partial charge on any atom is -0.478 e. The predicted molar refractivity (Wildman–Crippen MR) is 137 cm³/mol. The summed E-state index contributed by atoms with van der Waals surface area (Å²) in [6, 6.07) is 0. The monoisotopic (exact) mass is 500 g/mol. The van der Waals surface area contributed by atoms with E-state index >= 15 is 0 Å². The van der Waals surface area contributed by atoms with E-state index in [9.17, 15) is 24.6 Å². The number of aliphatic hydroxyl groups is 2. The van der Waals surface area contributed by atoms with E-state index in [0.29, 0.717) is 32.1 Å². The van der Waals surface area contributed by atoms with Gasteiger partial charge in [0.15, 0.2) is 5.78 Å². The molecule has 0 aromatic carbocycles. The van der Waals surface area contributed by atoms with Crippen molar-refractivity contribution in [3.8, 4) is 0 Å². The Hall–Kier alpha value is -1.79. The second kappa shape index (κ2) is 8.62. The van der Waals surface area contributed by atoms with E-state index in [4.69, 9.17) is 5.11 Å². The van der Waals surface area contributed by atoms with E-state index in [2.05, 4.69) is 20.8 Å². The van der Waals surface area contributed by atoms with Crippen molar-refractivity contribution in [3.63, 3.8) is 0 Å². The van der Waals surface area contributed by atoms with Gasteiger partial charge in [0.05, 0.1) is 12.2 Å². The number of carbonyl (C=O) groups is 3. The Labute approximate surface area is 215 Å². The molecule has 0 aromatic heterocycles. The summed E-state index contributed by atoms with van der Waals surface area (Å²) in [5.74, 6) is -0.475. The van der Waals surface area contributed by atoms with Crippen molar-refractivity contribution in [2.45, 2.75) is 106 Å². The molecule has 0 amide bonds. The van der Waals surface area contributed by atoms with Crippen LogP contribution in [0.15, 0.2) is 22.8 Å². The van der Waals surface area contributed by atoms with Gasteiger partial charge in [-0.3, -0.25) is 9.59 Å². The molecule has 8 atom stereocenters. The molecule has 4 aliphatic carbocycles. The topological polar surface area (TPSA) is 112 Å². The maximum Gasteiger partial charge on any atom is 0.331 e. The van der Waals surface area contributed by atoms with Gasteiger partial charge in [-0.05, 0) is 68.3 Å². The summed E-state index contributed by atoms with van der Waals surface area (Å²) in [6.45, 7) is 14.0. The highest BCUT2D eigenvalue weighted by Crippen LogP contribution is 2.71. The molecule has 3 N–H and O–H groups in total. The van der Waals surface area contributed by atoms with Crippen LogP contribution in [0, 0.1) is 39.4 Å². The third kappa shape index (κ3) is 3.61. The van der Waals surface area contributed by atoms with Crippen molar-refractivity contribution in [1.82, 2.24) is 0 Å². The molecule has 0 aromatic rings. The molecule has 8 unspecified atom stereocenters. The quantitative estimate of drug-likeness (QED) is 0.464. The van der Waals surface area contributed by atoms with Gasteiger partial charge in [-0.1, -0.05) is 47.1 Å². The van der Waals surface area contributed by atoms with E-state index in [1.54, 1.807) is 0 Å². The Bertz CT molecular complexity index is 1050. The standard InChI is InChI=1S/C30H44O6/c1-16(12-18(31)13-17(2)26(35)36)20-14-24(34)30(7)19-8-9-22-27(3,4)23(33)10-11-28(22,5)25(19)21(32)15-29(20,30)6/h13,16,18,20,22,24,31,34H,8-12,14-15H2,1-7H3,(H,35,36)/b17-13+. The Morgan fingerprint density at radius 2 is 1.78 bits per heavy atom. The largest absolute Gasteiger partial charge is 0.478 e. The number of hydrogen-bond donors (Lipinski definition) is 3. The van der Waals surface area contributed by atoms with Crippen LogP contribution < -0.4 is 0 Å². The fourth-order valence-corrected chi connectivity index (χ4v) is 9.22. The van der Waals surface area contributed by atoms with Crippen molar-refractivity contribution in [1.29, 1.82) is 0 Å². The SMILES string of the molecule is C/C(=C\C(O)CC(C)C1CC(O)C2(C)C3=C(C(=O)CC12C)C1(C)CCC(=O)C(C)(C)C1CC3)C(=O)O. The molecule has 4 aliphatic rings. The third-order valence-electron chi connectivity index (χ3n) is 11.4. The lowest BCUT2D eigenvalue weighted by Gasteiger charge is -2.60. The molecular formula is C30H44O6. The van der Waals surface area contributed by atoms with Gasteiger partial charge < -0.3 is 15.3 Å². The van der Waals surface area contributed by atoms with Crippen LogP contribution in [-0.4, -0.2) is 45.1 Å². The molecule has 6 nitrogen and oxygen atoms in total. The van der Waals surface area contributed by atoms with Gasteiger partial charge in [-0.2, -0.15) is 0 Å². The van der Waals surface area contributed by atoms with E-state index in [1.807, 2.05) is 20.8 Å². The number of Topliss-reactive ketones (excluding diaryl/α,β-unsaturated/α-hetero) is 2. The number of hydrogen-bond acceptors (Lipinski definition) is 5. The van der Waals surface area contributed by atoms with Crippen LogP contribution in [0.2, 0.25) is 0 Å². The fraction of sp³-hybridized carbons (Fsp3) is 0.767. The summed E-state index contributed by atoms with van der Waals surface area (Å²) < 4.78 is 0. The molecular weight excluding hydrogens is 456 g/mol. The Balaban J connectivity index is 1.72. The van der Waals surface area contributed by atoms with Crippen LogP contribution in [-0.2, 0) is 14.4 Å². The van der Waals surface area contributed by atoms with E-state index in [0.717, 1.165) is 24.0 Å². The molecule has 0 radical (unpaired) electrons. The number of carboxylic acid groups (broad SMARTS) is 1. The van der Waals surface area contributed by atoms with Crippen LogP contribution in [0.25, 0.3) is 0 Å². The van der Waals surface area contributed by atoms with Gasteiger partial charge >= 0.3 is 5.97 Å². The first-order chi connectivity index (χ1) is 16.5. The summed E-state index contributed by atoms with van der Waals surface area (Å²) in [6.07, 6.45) is 3.92. The second-order valence-electron chi connectivity index (χ2n) is 13.5. The summed E-state index contributed by atoms with van der Waals surface area (Å²) >= 11 is 0. The van der Waals surface area contributed by atoms with E-state index < -0.39 is 34.4 Å². The molecule has 6 heteroatoms. The van der Waals surface area contributed by atoms with Gasteiger partial charge in [0.1, 0.15) is 5.78 Å². The zero-order valence-corrected chi connectivity index (χ0v) is 23.0. The van der Waals surface area contributed by atoms with Crippen molar-refractivity contribution < 1.29 is 29.7 Å². The Kier molecular flexibility index (Phi) is 6.53. The van der Waals surface area contributed by atoms with Crippen molar-refractivity contribution in [2.75, 3.05) is 0 Å². The van der Waals surface area contributed by atoms with Crippen molar-refractivity contribution in [3.05, 3.63) is 22.8 Å². The number of ketones is 2. The summed E-state index contributed by atoms with van der Waals surface area (Å²) in [7, 11) is 0. The lowest BCUT2D eigenvalue weighted by Crippen LogP contribution is -2.57. The van der Waals surface area contributed by atoms with Crippen LogP contribution in [0.3, 0.4) is 0 Å². The normalized spacial score (nSPS) is 41.9. The highest BCUT2D eigenvalue weighted by molar-refractivity contribution is 6.00. The highest BCUT2D eigenvalue weighted by atomic mass is 16.4.